The van der Waals surface area contributed by atoms with Crippen LogP contribution in [0.4, 0.5) is 10.5 Å². The number of hydrogen-bond donors (Lipinski definition) is 2. The van der Waals surface area contributed by atoms with Crippen molar-refractivity contribution in [3.8, 4) is 11.5 Å². The highest BCUT2D eigenvalue weighted by Crippen LogP contribution is 2.50. The minimum Gasteiger partial charge on any atom is -0.493 e. The third-order valence-corrected chi connectivity index (χ3v) is 7.49. The minimum atomic E-state index is -0.180. The van der Waals surface area contributed by atoms with E-state index < -0.39 is 0 Å². The lowest BCUT2D eigenvalue weighted by Gasteiger charge is -2.45. The number of carbonyl (C=O) groups is 1. The Balaban J connectivity index is 1.52. The van der Waals surface area contributed by atoms with Gasteiger partial charge in [0.15, 0.2) is 11.5 Å². The monoisotopic (exact) mass is 471 g/mol. The number of methoxy groups -OCH3 is 2. The molecule has 3 atom stereocenters. The number of nitrogens with one attached hydrogen (secondary N) is 2. The summed E-state index contributed by atoms with van der Waals surface area (Å²) in [7, 11) is 3.36. The molecule has 1 saturated heterocycles. The van der Waals surface area contributed by atoms with Gasteiger partial charge in [-0.25, -0.2) is 4.79 Å². The molecule has 6 nitrogen and oxygen atoms in total. The number of nitrogens with zero attached hydrogens (tertiary/aromatic N) is 1. The first-order chi connectivity index (χ1) is 16.0. The van der Waals surface area contributed by atoms with Gasteiger partial charge < -0.3 is 20.1 Å². The zero-order chi connectivity index (χ0) is 23.4. The number of amides is 2. The Morgan fingerprint density at radius 2 is 1.97 bits per heavy atom. The fourth-order valence-electron chi connectivity index (χ4n) is 5.73. The molecule has 2 aromatic rings. The first-order valence-corrected chi connectivity index (χ1v) is 12.2. The first-order valence-electron chi connectivity index (χ1n) is 11.8. The fourth-order valence-corrected chi connectivity index (χ4v) is 5.92. The van der Waals surface area contributed by atoms with Crippen molar-refractivity contribution in [1.29, 1.82) is 0 Å². The molecule has 0 bridgehead atoms. The van der Waals surface area contributed by atoms with Crippen LogP contribution < -0.4 is 20.1 Å². The summed E-state index contributed by atoms with van der Waals surface area (Å²) in [6, 6.07) is 13.9. The molecule has 2 amide bonds. The molecule has 0 aromatic heterocycles. The fraction of sp³-hybridized carbons (Fsp3) is 0.500. The van der Waals surface area contributed by atoms with Crippen molar-refractivity contribution >= 4 is 23.3 Å². The van der Waals surface area contributed by atoms with Gasteiger partial charge in [-0.05, 0) is 81.1 Å². The third kappa shape index (κ3) is 4.92. The Morgan fingerprint density at radius 1 is 1.15 bits per heavy atom. The van der Waals surface area contributed by atoms with Gasteiger partial charge in [-0.2, -0.15) is 0 Å². The van der Waals surface area contributed by atoms with E-state index in [1.165, 1.54) is 5.56 Å². The lowest BCUT2D eigenvalue weighted by Crippen LogP contribution is -2.53. The molecule has 33 heavy (non-hydrogen) atoms. The van der Waals surface area contributed by atoms with Gasteiger partial charge >= 0.3 is 6.03 Å². The van der Waals surface area contributed by atoms with E-state index in [0.717, 1.165) is 56.7 Å². The molecule has 3 unspecified atom stereocenters. The number of hydrogen-bond acceptors (Lipinski definition) is 4. The number of fused-ring (bicyclic) bond motifs is 1. The Hall–Kier alpha value is -2.44. The third-order valence-electron chi connectivity index (χ3n) is 7.26. The van der Waals surface area contributed by atoms with E-state index in [9.17, 15) is 4.79 Å². The number of urea groups is 1. The van der Waals surface area contributed by atoms with Crippen LogP contribution in [-0.2, 0) is 5.41 Å². The summed E-state index contributed by atoms with van der Waals surface area (Å²) in [5, 5.41) is 6.73. The van der Waals surface area contributed by atoms with Crippen LogP contribution in [0.5, 0.6) is 11.5 Å². The molecule has 2 fully saturated rings. The van der Waals surface area contributed by atoms with E-state index in [0.29, 0.717) is 16.8 Å². The van der Waals surface area contributed by atoms with Gasteiger partial charge in [-0.1, -0.05) is 30.7 Å². The largest absolute Gasteiger partial charge is 0.493 e. The smallest absolute Gasteiger partial charge is 0.319 e. The maximum absolute atomic E-state index is 12.7. The summed E-state index contributed by atoms with van der Waals surface area (Å²) in [5.41, 5.74) is 2.07. The molecule has 1 aliphatic carbocycles. The van der Waals surface area contributed by atoms with E-state index >= 15 is 0 Å². The molecule has 0 radical (unpaired) electrons. The number of rotatable bonds is 7. The van der Waals surface area contributed by atoms with Crippen LogP contribution in [0.1, 0.15) is 44.6 Å². The second kappa shape index (κ2) is 10.2. The summed E-state index contributed by atoms with van der Waals surface area (Å²) >= 11 is 6.05. The van der Waals surface area contributed by atoms with E-state index in [4.69, 9.17) is 21.1 Å². The molecule has 0 spiro atoms. The van der Waals surface area contributed by atoms with Gasteiger partial charge in [0.1, 0.15) is 0 Å². The molecule has 2 aliphatic rings. The Labute approximate surface area is 201 Å². The molecule has 1 heterocycles. The van der Waals surface area contributed by atoms with Gasteiger partial charge in [-0.15, -0.1) is 0 Å². The molecule has 7 heteroatoms. The lowest BCUT2D eigenvalue weighted by atomic mass is 9.65. The van der Waals surface area contributed by atoms with Crippen LogP contribution in [-0.4, -0.2) is 50.3 Å². The number of benzene rings is 2. The Kier molecular flexibility index (Phi) is 7.35. The molecule has 1 aliphatic heterocycles. The SMILES string of the molecule is CCCN1CCC2(c3ccc(OC)c(OC)c3)CCC(NC(=O)Nc3cccc(Cl)c3)CC12. The minimum absolute atomic E-state index is 0.0658. The average Bonchev–Trinajstić information content (AvgIpc) is 3.17. The van der Waals surface area contributed by atoms with Crippen molar-refractivity contribution in [2.24, 2.45) is 0 Å². The number of likely N-dealkylation sites (tertiary alicyclic amines) is 1. The van der Waals surface area contributed by atoms with Crippen LogP contribution in [0.2, 0.25) is 5.02 Å². The molecule has 2 aromatic carbocycles. The second-order valence-electron chi connectivity index (χ2n) is 9.11. The van der Waals surface area contributed by atoms with Crippen molar-refractivity contribution in [2.45, 2.75) is 56.5 Å². The predicted molar refractivity (Wildman–Crippen MR) is 133 cm³/mol. The quantitative estimate of drug-likeness (QED) is 0.563. The molecular formula is C26H34ClN3O3. The van der Waals surface area contributed by atoms with E-state index in [1.54, 1.807) is 26.4 Å². The highest BCUT2D eigenvalue weighted by atomic mass is 35.5. The summed E-state index contributed by atoms with van der Waals surface area (Å²) in [4.78, 5) is 15.3. The second-order valence-corrected chi connectivity index (χ2v) is 9.54. The van der Waals surface area contributed by atoms with Gasteiger partial charge in [0.25, 0.3) is 0 Å². The van der Waals surface area contributed by atoms with Crippen LogP contribution in [0.25, 0.3) is 0 Å². The zero-order valence-corrected chi connectivity index (χ0v) is 20.5. The molecule has 1 saturated carbocycles. The predicted octanol–water partition coefficient (Wildman–Crippen LogP) is 5.45. The van der Waals surface area contributed by atoms with Crippen LogP contribution in [0, 0.1) is 0 Å². The van der Waals surface area contributed by atoms with Gasteiger partial charge in [0.05, 0.1) is 14.2 Å². The average molecular weight is 472 g/mol. The summed E-state index contributed by atoms with van der Waals surface area (Å²) in [6.07, 6.45) is 5.13. The topological polar surface area (TPSA) is 62.8 Å². The van der Waals surface area contributed by atoms with Crippen molar-refractivity contribution in [1.82, 2.24) is 10.2 Å². The molecule has 178 valence electrons. The number of anilines is 1. The van der Waals surface area contributed by atoms with Gasteiger partial charge in [0, 0.05) is 28.2 Å². The first kappa shape index (κ1) is 23.7. The van der Waals surface area contributed by atoms with Gasteiger partial charge in [0.2, 0.25) is 0 Å². The molecular weight excluding hydrogens is 438 g/mol. The summed E-state index contributed by atoms with van der Waals surface area (Å²) in [5.74, 6) is 1.53. The normalized spacial score (nSPS) is 24.7. The number of carbonyl (C=O) groups excluding carboxylic acids is 1. The van der Waals surface area contributed by atoms with Crippen molar-refractivity contribution in [3.63, 3.8) is 0 Å². The van der Waals surface area contributed by atoms with Gasteiger partial charge in [-0.3, -0.25) is 4.90 Å². The van der Waals surface area contributed by atoms with Crippen molar-refractivity contribution < 1.29 is 14.3 Å². The van der Waals surface area contributed by atoms with E-state index in [1.807, 2.05) is 18.2 Å². The zero-order valence-electron chi connectivity index (χ0n) is 19.7. The Bertz CT molecular complexity index is 985. The maximum atomic E-state index is 12.7. The van der Waals surface area contributed by atoms with E-state index in [2.05, 4.69) is 34.6 Å². The summed E-state index contributed by atoms with van der Waals surface area (Å²) in [6.45, 7) is 4.38. The van der Waals surface area contributed by atoms with Crippen LogP contribution in [0.15, 0.2) is 42.5 Å². The highest BCUT2D eigenvalue weighted by Gasteiger charge is 2.51. The number of halogens is 1. The molecule has 4 rings (SSSR count). The van der Waals surface area contributed by atoms with E-state index in [-0.39, 0.29) is 17.5 Å². The van der Waals surface area contributed by atoms with Crippen LogP contribution >= 0.6 is 11.6 Å². The maximum Gasteiger partial charge on any atom is 0.319 e. The lowest BCUT2D eigenvalue weighted by molar-refractivity contribution is 0.136. The highest BCUT2D eigenvalue weighted by molar-refractivity contribution is 6.30. The standard InChI is InChI=1S/C26H34ClN3O3/c1-4-13-30-14-12-26(18-8-9-22(32-2)23(15-18)33-3)11-10-21(17-24(26)30)29-25(31)28-20-7-5-6-19(27)16-20/h5-9,15-16,21,24H,4,10-14,17H2,1-3H3,(H2,28,29,31). The number of ether oxygens (including phenoxy) is 2. The van der Waals surface area contributed by atoms with Crippen molar-refractivity contribution in [3.05, 3.63) is 53.1 Å². The molecule has 2 N–H and O–H groups in total. The van der Waals surface area contributed by atoms with Crippen LogP contribution in [0.3, 0.4) is 0 Å². The summed E-state index contributed by atoms with van der Waals surface area (Å²) < 4.78 is 11.1. The van der Waals surface area contributed by atoms with Crippen molar-refractivity contribution in [2.75, 3.05) is 32.6 Å². The Morgan fingerprint density at radius 3 is 2.70 bits per heavy atom.